The van der Waals surface area contributed by atoms with Crippen LogP contribution in [0.15, 0.2) is 79.1 Å². The number of benzene rings is 2. The zero-order valence-corrected chi connectivity index (χ0v) is 14.9. The second-order valence-corrected chi connectivity index (χ2v) is 6.42. The predicted octanol–water partition coefficient (Wildman–Crippen LogP) is 3.49. The number of carbonyl (C=O) groups is 1. The number of aromatic nitrogens is 2. The van der Waals surface area contributed by atoms with Crippen molar-refractivity contribution >= 4 is 12.0 Å². The number of hydrogen-bond acceptors (Lipinski definition) is 3. The molecule has 1 aliphatic rings. The molecule has 1 amide bonds. The molecular weight excluding hydrogens is 338 g/mol. The quantitative estimate of drug-likeness (QED) is 0.670. The molecule has 0 spiro atoms. The second kappa shape index (κ2) is 8.01. The van der Waals surface area contributed by atoms with Crippen molar-refractivity contribution in [1.29, 1.82) is 0 Å². The number of carbonyl (C=O) groups excluding carboxylic acids is 1. The minimum absolute atomic E-state index is 0.0142. The Labute approximate surface area is 158 Å². The maximum absolute atomic E-state index is 12.8. The number of amides is 1. The summed E-state index contributed by atoms with van der Waals surface area (Å²) < 4.78 is 7.40. The highest BCUT2D eigenvalue weighted by molar-refractivity contribution is 5.92. The van der Waals surface area contributed by atoms with Crippen LogP contribution in [0.4, 0.5) is 0 Å². The maximum atomic E-state index is 12.8. The zero-order chi connectivity index (χ0) is 18.5. The summed E-state index contributed by atoms with van der Waals surface area (Å²) in [5.74, 6) is -0.0142. The average Bonchev–Trinajstić information content (AvgIpc) is 3.22. The maximum Gasteiger partial charge on any atom is 0.247 e. The van der Waals surface area contributed by atoms with E-state index in [4.69, 9.17) is 4.74 Å². The highest BCUT2D eigenvalue weighted by Crippen LogP contribution is 2.24. The van der Waals surface area contributed by atoms with Gasteiger partial charge < -0.3 is 9.64 Å². The molecule has 1 unspecified atom stereocenters. The van der Waals surface area contributed by atoms with Gasteiger partial charge in [-0.1, -0.05) is 48.5 Å². The number of nitrogens with zero attached hydrogens (tertiary/aromatic N) is 3. The molecule has 2 aromatic carbocycles. The van der Waals surface area contributed by atoms with E-state index in [1.807, 2.05) is 77.8 Å². The molecule has 136 valence electrons. The number of rotatable bonds is 4. The van der Waals surface area contributed by atoms with Gasteiger partial charge in [-0.05, 0) is 23.8 Å². The van der Waals surface area contributed by atoms with Crippen LogP contribution in [-0.4, -0.2) is 40.3 Å². The van der Waals surface area contributed by atoms with Crippen LogP contribution in [0.3, 0.4) is 0 Å². The molecule has 5 nitrogen and oxygen atoms in total. The lowest BCUT2D eigenvalue weighted by atomic mass is 10.0. The van der Waals surface area contributed by atoms with Gasteiger partial charge in [0.15, 0.2) is 0 Å². The van der Waals surface area contributed by atoms with Gasteiger partial charge in [-0.25, -0.2) is 4.68 Å². The first-order valence-corrected chi connectivity index (χ1v) is 9.03. The van der Waals surface area contributed by atoms with Crippen LogP contribution in [-0.2, 0) is 9.53 Å². The van der Waals surface area contributed by atoms with Crippen LogP contribution in [0.5, 0.6) is 0 Å². The van der Waals surface area contributed by atoms with Crippen LogP contribution >= 0.6 is 0 Å². The first-order valence-electron chi connectivity index (χ1n) is 9.03. The van der Waals surface area contributed by atoms with Gasteiger partial charge >= 0.3 is 0 Å². The average molecular weight is 359 g/mol. The van der Waals surface area contributed by atoms with Crippen molar-refractivity contribution in [2.75, 3.05) is 19.8 Å². The van der Waals surface area contributed by atoms with Gasteiger partial charge in [0.2, 0.25) is 5.91 Å². The van der Waals surface area contributed by atoms with Gasteiger partial charge in [-0.15, -0.1) is 0 Å². The van der Waals surface area contributed by atoms with E-state index >= 15 is 0 Å². The van der Waals surface area contributed by atoms with E-state index < -0.39 is 0 Å². The lowest BCUT2D eigenvalue weighted by Gasteiger charge is -2.35. The van der Waals surface area contributed by atoms with Crippen molar-refractivity contribution in [3.05, 3.63) is 90.3 Å². The van der Waals surface area contributed by atoms with Crippen LogP contribution in [0.25, 0.3) is 11.8 Å². The third-order valence-corrected chi connectivity index (χ3v) is 4.64. The van der Waals surface area contributed by atoms with E-state index in [0.29, 0.717) is 19.8 Å². The number of ether oxygens (including phenoxy) is 1. The Morgan fingerprint density at radius 1 is 1.07 bits per heavy atom. The van der Waals surface area contributed by atoms with Crippen molar-refractivity contribution in [1.82, 2.24) is 14.7 Å². The summed E-state index contributed by atoms with van der Waals surface area (Å²) in [5, 5.41) is 4.36. The zero-order valence-electron chi connectivity index (χ0n) is 14.9. The topological polar surface area (TPSA) is 47.4 Å². The summed E-state index contributed by atoms with van der Waals surface area (Å²) in [6.07, 6.45) is 7.10. The predicted molar refractivity (Wildman–Crippen MR) is 104 cm³/mol. The molecule has 2 heterocycles. The molecule has 0 N–H and O–H groups in total. The summed E-state index contributed by atoms with van der Waals surface area (Å²) in [7, 11) is 0. The van der Waals surface area contributed by atoms with E-state index in [-0.39, 0.29) is 11.9 Å². The molecule has 5 heteroatoms. The Morgan fingerprint density at radius 2 is 1.81 bits per heavy atom. The number of morpholine rings is 1. The normalized spacial score (nSPS) is 17.3. The lowest BCUT2D eigenvalue weighted by Crippen LogP contribution is -2.42. The molecule has 1 aliphatic heterocycles. The fraction of sp³-hybridized carbons (Fsp3) is 0.182. The minimum Gasteiger partial charge on any atom is -0.377 e. The number of hydrogen-bond donors (Lipinski definition) is 0. The van der Waals surface area contributed by atoms with Crippen molar-refractivity contribution in [2.24, 2.45) is 0 Å². The van der Waals surface area contributed by atoms with Crippen molar-refractivity contribution in [2.45, 2.75) is 6.04 Å². The molecule has 1 atom stereocenters. The Kier molecular flexibility index (Phi) is 5.12. The van der Waals surface area contributed by atoms with Gasteiger partial charge in [-0.2, -0.15) is 5.10 Å². The van der Waals surface area contributed by atoms with Crippen LogP contribution in [0, 0.1) is 0 Å². The monoisotopic (exact) mass is 359 g/mol. The highest BCUT2D eigenvalue weighted by Gasteiger charge is 2.27. The van der Waals surface area contributed by atoms with Gasteiger partial charge in [-0.3, -0.25) is 4.79 Å². The first-order chi connectivity index (χ1) is 13.3. The molecule has 0 radical (unpaired) electrons. The number of para-hydroxylation sites is 1. The lowest BCUT2D eigenvalue weighted by molar-refractivity contribution is -0.134. The molecule has 1 fully saturated rings. The van der Waals surface area contributed by atoms with Crippen LogP contribution < -0.4 is 0 Å². The fourth-order valence-electron chi connectivity index (χ4n) is 3.23. The van der Waals surface area contributed by atoms with E-state index in [0.717, 1.165) is 16.8 Å². The first kappa shape index (κ1) is 17.2. The van der Waals surface area contributed by atoms with Crippen LogP contribution in [0.1, 0.15) is 17.2 Å². The molecule has 4 rings (SSSR count). The third-order valence-electron chi connectivity index (χ3n) is 4.64. The van der Waals surface area contributed by atoms with E-state index in [1.54, 1.807) is 17.0 Å². The summed E-state index contributed by atoms with van der Waals surface area (Å²) in [4.78, 5) is 14.7. The van der Waals surface area contributed by atoms with Crippen molar-refractivity contribution < 1.29 is 9.53 Å². The SMILES string of the molecule is O=C(C=Cc1cnn(-c2ccccc2)c1)N1CCOCC1c1ccccc1. The molecular formula is C22H21N3O2. The Balaban J connectivity index is 1.48. The molecule has 1 saturated heterocycles. The Bertz CT molecular complexity index is 919. The Hall–Kier alpha value is -3.18. The summed E-state index contributed by atoms with van der Waals surface area (Å²) in [5.41, 5.74) is 2.97. The molecule has 0 aliphatic carbocycles. The standard InChI is InChI=1S/C22H21N3O2/c26-22(24-13-14-27-17-21(24)19-7-3-1-4-8-19)12-11-18-15-23-25(16-18)20-9-5-2-6-10-20/h1-12,15-16,21H,13-14,17H2. The van der Waals surface area contributed by atoms with Gasteiger partial charge in [0.05, 0.1) is 31.1 Å². The van der Waals surface area contributed by atoms with Gasteiger partial charge in [0.1, 0.15) is 0 Å². The second-order valence-electron chi connectivity index (χ2n) is 6.42. The highest BCUT2D eigenvalue weighted by atomic mass is 16.5. The molecule has 27 heavy (non-hydrogen) atoms. The smallest absolute Gasteiger partial charge is 0.247 e. The summed E-state index contributed by atoms with van der Waals surface area (Å²) in [6.45, 7) is 1.68. The largest absolute Gasteiger partial charge is 0.377 e. The van der Waals surface area contributed by atoms with Gasteiger partial charge in [0.25, 0.3) is 0 Å². The van der Waals surface area contributed by atoms with Gasteiger partial charge in [0, 0.05) is 24.4 Å². The Morgan fingerprint density at radius 3 is 2.59 bits per heavy atom. The molecule has 0 saturated carbocycles. The minimum atomic E-state index is -0.0517. The summed E-state index contributed by atoms with van der Waals surface area (Å²) in [6, 6.07) is 19.9. The van der Waals surface area contributed by atoms with Crippen molar-refractivity contribution in [3.63, 3.8) is 0 Å². The molecule has 0 bridgehead atoms. The van der Waals surface area contributed by atoms with Crippen LogP contribution in [0.2, 0.25) is 0 Å². The fourth-order valence-corrected chi connectivity index (χ4v) is 3.23. The molecule has 1 aromatic heterocycles. The third kappa shape index (κ3) is 3.99. The van der Waals surface area contributed by atoms with E-state index in [9.17, 15) is 4.79 Å². The van der Waals surface area contributed by atoms with E-state index in [2.05, 4.69) is 5.10 Å². The van der Waals surface area contributed by atoms with Crippen molar-refractivity contribution in [3.8, 4) is 5.69 Å². The molecule has 3 aromatic rings. The van der Waals surface area contributed by atoms with E-state index in [1.165, 1.54) is 0 Å². The summed E-state index contributed by atoms with van der Waals surface area (Å²) >= 11 is 0.